The summed E-state index contributed by atoms with van der Waals surface area (Å²) in [5, 5.41) is 16.5. The molecule has 550 valence electrons. The number of hydrogen-bond acceptors (Lipinski definition) is 6. The highest BCUT2D eigenvalue weighted by molar-refractivity contribution is 6.29. The summed E-state index contributed by atoms with van der Waals surface area (Å²) in [6.07, 6.45) is 0. The molecule has 0 spiro atoms. The van der Waals surface area contributed by atoms with Crippen molar-refractivity contribution in [2.24, 2.45) is 0 Å². The molecular weight excluding hydrogens is 1440 g/mol. The van der Waals surface area contributed by atoms with Crippen molar-refractivity contribution in [3.05, 3.63) is 413 Å². The third-order valence-electron chi connectivity index (χ3n) is 23.2. The van der Waals surface area contributed by atoms with Crippen molar-refractivity contribution < 1.29 is 0 Å². The van der Waals surface area contributed by atoms with Crippen molar-refractivity contribution in [2.75, 3.05) is 0 Å². The highest BCUT2D eigenvalue weighted by atomic mass is 15.1. The fraction of sp³-hybridized carbons (Fsp3) is 0. The van der Waals surface area contributed by atoms with Crippen LogP contribution < -0.4 is 0 Å². The van der Waals surface area contributed by atoms with Gasteiger partial charge in [0.15, 0.2) is 34.9 Å². The Labute approximate surface area is 678 Å². The van der Waals surface area contributed by atoms with E-state index in [1.165, 1.54) is 87.2 Å². The molecule has 0 atom stereocenters. The second-order valence-corrected chi connectivity index (χ2v) is 30.1. The molecule has 0 N–H and O–H groups in total. The molecule has 18 aromatic carbocycles. The minimum atomic E-state index is 0.627. The smallest absolute Gasteiger partial charge is 0.164 e. The Morgan fingerprint density at radius 2 is 0.517 bits per heavy atom. The summed E-state index contributed by atoms with van der Waals surface area (Å²) in [6, 6.07) is 146. The van der Waals surface area contributed by atoms with E-state index < -0.39 is 0 Å². The van der Waals surface area contributed by atoms with E-state index in [1.807, 2.05) is 54.6 Å². The third kappa shape index (κ3) is 11.4. The van der Waals surface area contributed by atoms with Crippen molar-refractivity contribution in [1.82, 2.24) is 48.2 Å². The van der Waals surface area contributed by atoms with Gasteiger partial charge in [-0.05, 0) is 147 Å². The number of rotatable bonds is 11. The normalized spacial score (nSPS) is 11.7. The zero-order chi connectivity index (χ0) is 77.7. The largest absolute Gasteiger partial charge is 0.309 e. The van der Waals surface area contributed by atoms with Crippen LogP contribution in [0, 0.1) is 0 Å². The quantitative estimate of drug-likeness (QED) is 0.128. The van der Waals surface area contributed by atoms with Crippen LogP contribution in [-0.4, -0.2) is 48.2 Å². The molecule has 0 radical (unpaired) electrons. The second kappa shape index (κ2) is 28.0. The SMILES string of the molecule is c1ccc(-c2cccc(-n3c4ccccc4c4cc5c6ccccc6n(-c6cc(-c7nc(-c8ccccc8)nc(-c8ccccc8)n7)c7ccccc7c6)c5cc43)c2)cc1.c1ccc(-c2nc(-c3ccc4ccccc4c3)nc(-c3cccc4cc(-n5c6ccccc6c6c7c8ccccc8n(-c8ccccc8)c7ccc65)ccc34)n2)cc1. The molecular formula is C108H68N10. The van der Waals surface area contributed by atoms with E-state index in [0.717, 1.165) is 99.6 Å². The van der Waals surface area contributed by atoms with Crippen molar-refractivity contribution in [3.63, 3.8) is 0 Å². The molecule has 6 aromatic heterocycles. The average molecular weight is 1510 g/mol. The lowest BCUT2D eigenvalue weighted by Gasteiger charge is -2.15. The van der Waals surface area contributed by atoms with Crippen molar-refractivity contribution in [2.45, 2.75) is 0 Å². The van der Waals surface area contributed by atoms with E-state index in [0.29, 0.717) is 34.9 Å². The van der Waals surface area contributed by atoms with Crippen LogP contribution in [0.5, 0.6) is 0 Å². The van der Waals surface area contributed by atoms with Gasteiger partial charge in [0.1, 0.15) is 0 Å². The summed E-state index contributed by atoms with van der Waals surface area (Å²) in [5.41, 5.74) is 21.8. The minimum Gasteiger partial charge on any atom is -0.309 e. The molecule has 0 unspecified atom stereocenters. The lowest BCUT2D eigenvalue weighted by Crippen LogP contribution is -2.02. The number of para-hydroxylation sites is 5. The molecule has 0 aliphatic carbocycles. The van der Waals surface area contributed by atoms with Crippen LogP contribution in [0.1, 0.15) is 0 Å². The second-order valence-electron chi connectivity index (χ2n) is 30.1. The van der Waals surface area contributed by atoms with Gasteiger partial charge in [-0.3, -0.25) is 0 Å². The summed E-state index contributed by atoms with van der Waals surface area (Å²) < 4.78 is 9.65. The Balaban J connectivity index is 0.000000138. The third-order valence-corrected chi connectivity index (χ3v) is 23.2. The van der Waals surface area contributed by atoms with Gasteiger partial charge in [0.05, 0.1) is 44.1 Å². The molecule has 118 heavy (non-hydrogen) atoms. The van der Waals surface area contributed by atoms with E-state index in [4.69, 9.17) is 29.9 Å². The monoisotopic (exact) mass is 1500 g/mol. The lowest BCUT2D eigenvalue weighted by atomic mass is 10.0. The molecule has 6 heterocycles. The first kappa shape index (κ1) is 67.6. The molecule has 10 heteroatoms. The van der Waals surface area contributed by atoms with Crippen LogP contribution in [-0.2, 0) is 0 Å². The van der Waals surface area contributed by atoms with E-state index in [-0.39, 0.29) is 0 Å². The fourth-order valence-corrected chi connectivity index (χ4v) is 17.9. The number of fused-ring (bicyclic) bond motifs is 16. The van der Waals surface area contributed by atoms with Crippen LogP contribution in [0.2, 0.25) is 0 Å². The Kier molecular flexibility index (Phi) is 16.0. The summed E-state index contributed by atoms with van der Waals surface area (Å²) in [7, 11) is 0. The van der Waals surface area contributed by atoms with E-state index in [1.54, 1.807) is 0 Å². The van der Waals surface area contributed by atoms with Gasteiger partial charge in [-0.15, -0.1) is 0 Å². The highest BCUT2D eigenvalue weighted by Gasteiger charge is 2.25. The molecule has 24 aromatic rings. The summed E-state index contributed by atoms with van der Waals surface area (Å²) in [6.45, 7) is 0. The topological polar surface area (TPSA) is 97.1 Å². The lowest BCUT2D eigenvalue weighted by molar-refractivity contribution is 1.07. The summed E-state index contributed by atoms with van der Waals surface area (Å²) in [5.74, 6) is 3.84. The van der Waals surface area contributed by atoms with Gasteiger partial charge < -0.3 is 18.3 Å². The Morgan fingerprint density at radius 3 is 1.08 bits per heavy atom. The van der Waals surface area contributed by atoms with Gasteiger partial charge in [-0.1, -0.05) is 309 Å². The number of aromatic nitrogens is 10. The van der Waals surface area contributed by atoms with Gasteiger partial charge in [0.25, 0.3) is 0 Å². The maximum Gasteiger partial charge on any atom is 0.164 e. The maximum atomic E-state index is 5.20. The van der Waals surface area contributed by atoms with Gasteiger partial charge in [-0.2, -0.15) is 0 Å². The van der Waals surface area contributed by atoms with Crippen molar-refractivity contribution in [1.29, 1.82) is 0 Å². The number of benzene rings is 18. The fourth-order valence-electron chi connectivity index (χ4n) is 17.9. The average Bonchev–Trinajstić information content (AvgIpc) is 1.55. The number of hydrogen-bond donors (Lipinski definition) is 0. The predicted molar refractivity (Wildman–Crippen MR) is 488 cm³/mol. The molecule has 0 fully saturated rings. The van der Waals surface area contributed by atoms with Crippen LogP contribution in [0.25, 0.3) is 222 Å². The molecule has 0 amide bonds. The van der Waals surface area contributed by atoms with Crippen LogP contribution in [0.15, 0.2) is 413 Å². The molecule has 0 aliphatic heterocycles. The van der Waals surface area contributed by atoms with Crippen LogP contribution in [0.3, 0.4) is 0 Å². The van der Waals surface area contributed by atoms with Crippen LogP contribution >= 0.6 is 0 Å². The first-order valence-electron chi connectivity index (χ1n) is 39.9. The minimum absolute atomic E-state index is 0.627. The van der Waals surface area contributed by atoms with E-state index >= 15 is 0 Å². The molecule has 24 rings (SSSR count). The van der Waals surface area contributed by atoms with E-state index in [9.17, 15) is 0 Å². The standard InChI is InChI=1S/C55H35N5.C53H33N5/c1-4-17-36(18-5-1)39-24-16-25-41(31-39)59-49-29-14-12-27-44(49)46-34-47-45-28-13-15-30-50(45)60(52(47)35-51(46)59)42-32-40-23-10-11-26-43(40)48(33-42)55-57-53(37-19-6-2-7-20-37)56-54(58-55)38-21-8-3-9-22-38;1-3-15-35(16-4-1)51-54-52(38-27-26-34-14-7-8-17-36(34)32-38)56-53(55-51)42-23-13-18-37-33-40(28-29-41(37)42)58-46-25-12-10-22-44(46)50-48(58)31-30-47-49(50)43-21-9-11-24-45(43)57(47)39-19-5-2-6-20-39/h1-35H;1-33H. The Morgan fingerprint density at radius 1 is 0.144 bits per heavy atom. The summed E-state index contributed by atoms with van der Waals surface area (Å²) in [4.78, 5) is 30.7. The number of nitrogens with zero attached hydrogens (tertiary/aromatic N) is 10. The van der Waals surface area contributed by atoms with Gasteiger partial charge >= 0.3 is 0 Å². The highest BCUT2D eigenvalue weighted by Crippen LogP contribution is 2.46. The zero-order valence-electron chi connectivity index (χ0n) is 63.7. The van der Waals surface area contributed by atoms with Crippen molar-refractivity contribution in [3.8, 4) is 102 Å². The van der Waals surface area contributed by atoms with Gasteiger partial charge in [-0.25, -0.2) is 29.9 Å². The van der Waals surface area contributed by atoms with Crippen LogP contribution in [0.4, 0.5) is 0 Å². The molecule has 0 saturated carbocycles. The Hall–Kier alpha value is -16.0. The summed E-state index contributed by atoms with van der Waals surface area (Å²) >= 11 is 0. The van der Waals surface area contributed by atoms with Gasteiger partial charge in [0.2, 0.25) is 0 Å². The van der Waals surface area contributed by atoms with Crippen molar-refractivity contribution >= 4 is 120 Å². The predicted octanol–water partition coefficient (Wildman–Crippen LogP) is 27.3. The molecule has 0 saturated heterocycles. The zero-order valence-corrected chi connectivity index (χ0v) is 63.7. The molecule has 0 aliphatic rings. The first-order valence-corrected chi connectivity index (χ1v) is 39.9. The van der Waals surface area contributed by atoms with Gasteiger partial charge in [0, 0.05) is 99.2 Å². The maximum absolute atomic E-state index is 5.20. The molecule has 10 nitrogen and oxygen atoms in total. The molecule has 0 bridgehead atoms. The van der Waals surface area contributed by atoms with E-state index in [2.05, 4.69) is 376 Å². The Bertz CT molecular complexity index is 8050. The first-order chi connectivity index (χ1) is 58.5.